The maximum atomic E-state index is 15.0. The molecule has 0 spiro atoms. The summed E-state index contributed by atoms with van der Waals surface area (Å²) in [5, 5.41) is 3.54. The van der Waals surface area contributed by atoms with Crippen molar-refractivity contribution >= 4 is 34.8 Å². The van der Waals surface area contributed by atoms with Crippen molar-refractivity contribution in [3.8, 4) is 5.75 Å². The number of carbonyl (C=O) groups is 2. The van der Waals surface area contributed by atoms with Gasteiger partial charge >= 0.3 is 23.9 Å². The van der Waals surface area contributed by atoms with E-state index in [1.807, 2.05) is 0 Å². The summed E-state index contributed by atoms with van der Waals surface area (Å²) in [4.78, 5) is 24.3. The number of methoxy groups -OCH3 is 2. The molecule has 0 aliphatic rings. The first kappa shape index (κ1) is 31.0. The molecule has 2 aromatic carbocycles. The molecule has 16 heteroatoms. The molecule has 0 bridgehead atoms. The predicted octanol–water partition coefficient (Wildman–Crippen LogP) is 6.63. The topological polar surface area (TPSA) is 76.7 Å². The van der Waals surface area contributed by atoms with E-state index < -0.39 is 64.2 Å². The highest BCUT2D eigenvalue weighted by molar-refractivity contribution is 6.34. The molecular weight excluding hydrogens is 563 g/mol. The van der Waals surface area contributed by atoms with Crippen LogP contribution < -0.4 is 15.4 Å². The Morgan fingerprint density at radius 1 is 0.921 bits per heavy atom. The molecule has 0 aromatic heterocycles. The number of hydrogen-bond donors (Lipinski definition) is 2. The molecular formula is C22H18ClF9N2O4. The standard InChI is InChI=1S/C22H18ClF9N2O4/c1-10(35)33-15-6-4-5-13(17(15)38-3)18(36)34-16-11(9-37-2)7-12(8-14(16)23)19(24,21(27,28)29)20(25,26)22(30,31)32/h4-8H,9H2,1-3H3,(H,33,35)(H,34,36). The van der Waals surface area contributed by atoms with Gasteiger partial charge in [-0.15, -0.1) is 0 Å². The Labute approximate surface area is 214 Å². The monoisotopic (exact) mass is 580 g/mol. The van der Waals surface area contributed by atoms with Crippen LogP contribution in [-0.4, -0.2) is 44.3 Å². The van der Waals surface area contributed by atoms with Gasteiger partial charge in [0.25, 0.3) is 5.91 Å². The summed E-state index contributed by atoms with van der Waals surface area (Å²) in [5.41, 5.74) is -9.86. The highest BCUT2D eigenvalue weighted by Gasteiger charge is 2.81. The van der Waals surface area contributed by atoms with Crippen LogP contribution in [0.3, 0.4) is 0 Å². The number of amides is 2. The average molecular weight is 581 g/mol. The molecule has 210 valence electrons. The summed E-state index contributed by atoms with van der Waals surface area (Å²) >= 11 is 5.88. The largest absolute Gasteiger partial charge is 0.494 e. The zero-order valence-electron chi connectivity index (χ0n) is 19.5. The van der Waals surface area contributed by atoms with Gasteiger partial charge in [-0.3, -0.25) is 9.59 Å². The van der Waals surface area contributed by atoms with Crippen LogP contribution in [0.15, 0.2) is 30.3 Å². The molecule has 0 saturated heterocycles. The smallest absolute Gasteiger partial charge is 0.457 e. The first-order valence-corrected chi connectivity index (χ1v) is 10.5. The molecule has 1 unspecified atom stereocenters. The number of halogens is 10. The maximum Gasteiger partial charge on any atom is 0.457 e. The molecule has 2 aromatic rings. The van der Waals surface area contributed by atoms with Crippen LogP contribution in [0, 0.1) is 0 Å². The lowest BCUT2D eigenvalue weighted by Gasteiger charge is -2.36. The van der Waals surface area contributed by atoms with E-state index in [4.69, 9.17) is 21.1 Å². The third kappa shape index (κ3) is 5.62. The molecule has 38 heavy (non-hydrogen) atoms. The van der Waals surface area contributed by atoms with Crippen LogP contribution in [0.1, 0.15) is 28.4 Å². The van der Waals surface area contributed by atoms with Gasteiger partial charge < -0.3 is 20.1 Å². The number of nitrogens with one attached hydrogen (secondary N) is 2. The quantitative estimate of drug-likeness (QED) is 0.344. The minimum Gasteiger partial charge on any atom is -0.494 e. The van der Waals surface area contributed by atoms with Gasteiger partial charge in [0.15, 0.2) is 5.75 Å². The van der Waals surface area contributed by atoms with Gasteiger partial charge in [-0.1, -0.05) is 17.7 Å². The van der Waals surface area contributed by atoms with Gasteiger partial charge in [0.1, 0.15) is 0 Å². The second-order valence-electron chi connectivity index (χ2n) is 7.68. The van der Waals surface area contributed by atoms with Gasteiger partial charge in [-0.05, 0) is 24.3 Å². The van der Waals surface area contributed by atoms with E-state index in [9.17, 15) is 49.1 Å². The zero-order valence-corrected chi connectivity index (χ0v) is 20.3. The van der Waals surface area contributed by atoms with Gasteiger partial charge in [0, 0.05) is 25.2 Å². The summed E-state index contributed by atoms with van der Waals surface area (Å²) in [7, 11) is 2.12. The number of benzene rings is 2. The first-order chi connectivity index (χ1) is 17.3. The van der Waals surface area contributed by atoms with E-state index >= 15 is 0 Å². The van der Waals surface area contributed by atoms with E-state index in [0.29, 0.717) is 0 Å². The molecule has 2 N–H and O–H groups in total. The molecule has 0 aliphatic carbocycles. The van der Waals surface area contributed by atoms with E-state index in [2.05, 4.69) is 10.6 Å². The molecule has 0 saturated carbocycles. The number of hydrogen-bond acceptors (Lipinski definition) is 4. The highest BCUT2D eigenvalue weighted by atomic mass is 35.5. The lowest BCUT2D eigenvalue weighted by molar-refractivity contribution is -0.389. The van der Waals surface area contributed by atoms with Crippen molar-refractivity contribution in [1.82, 2.24) is 0 Å². The number of ether oxygens (including phenoxy) is 2. The van der Waals surface area contributed by atoms with Gasteiger partial charge in [0.2, 0.25) is 5.91 Å². The van der Waals surface area contributed by atoms with Crippen molar-refractivity contribution in [2.45, 2.75) is 37.5 Å². The van der Waals surface area contributed by atoms with Crippen LogP contribution >= 0.6 is 11.6 Å². The first-order valence-electron chi connectivity index (χ1n) is 10.1. The lowest BCUT2D eigenvalue weighted by atomic mass is 9.86. The highest BCUT2D eigenvalue weighted by Crippen LogP contribution is 2.58. The Morgan fingerprint density at radius 2 is 1.53 bits per heavy atom. The average Bonchev–Trinajstić information content (AvgIpc) is 2.78. The van der Waals surface area contributed by atoms with E-state index in [1.54, 1.807) is 0 Å². The zero-order chi connectivity index (χ0) is 29.3. The van der Waals surface area contributed by atoms with Gasteiger partial charge in [-0.25, -0.2) is 4.39 Å². The van der Waals surface area contributed by atoms with Crippen molar-refractivity contribution in [3.05, 3.63) is 52.0 Å². The van der Waals surface area contributed by atoms with Crippen molar-refractivity contribution < 1.29 is 58.6 Å². The third-order valence-electron chi connectivity index (χ3n) is 5.06. The fraction of sp³-hybridized carbons (Fsp3) is 0.364. The SMILES string of the molecule is COCc1cc(C(F)(C(F)(F)F)C(F)(F)C(F)(F)F)cc(Cl)c1NC(=O)c1cccc(NC(C)=O)c1OC. The van der Waals surface area contributed by atoms with Crippen LogP contribution in [0.2, 0.25) is 5.02 Å². The summed E-state index contributed by atoms with van der Waals surface area (Å²) in [5.74, 6) is -8.67. The Balaban J connectivity index is 2.69. The number of rotatable bonds is 8. The molecule has 0 radical (unpaired) electrons. The number of para-hydroxylation sites is 1. The molecule has 6 nitrogen and oxygen atoms in total. The lowest BCUT2D eigenvalue weighted by Crippen LogP contribution is -2.59. The Kier molecular flexibility index (Phi) is 8.89. The number of alkyl halides is 9. The normalized spacial score (nSPS) is 14.0. The molecule has 2 amide bonds. The Hall–Kier alpha value is -3.20. The van der Waals surface area contributed by atoms with E-state index in [0.717, 1.165) is 14.2 Å². The fourth-order valence-electron chi connectivity index (χ4n) is 3.39. The summed E-state index contributed by atoms with van der Waals surface area (Å²) in [6.07, 6.45) is -13.7. The minimum atomic E-state index is -6.94. The number of anilines is 2. The van der Waals surface area contributed by atoms with E-state index in [-0.39, 0.29) is 29.1 Å². The Bertz CT molecular complexity index is 1220. The molecule has 2 rings (SSSR count). The minimum absolute atomic E-state index is 0.0308. The fourth-order valence-corrected chi connectivity index (χ4v) is 3.68. The van der Waals surface area contributed by atoms with Crippen molar-refractivity contribution in [1.29, 1.82) is 0 Å². The maximum absolute atomic E-state index is 15.0. The molecule has 0 aliphatic heterocycles. The Morgan fingerprint density at radius 3 is 2.00 bits per heavy atom. The predicted molar refractivity (Wildman–Crippen MR) is 117 cm³/mol. The summed E-state index contributed by atoms with van der Waals surface area (Å²) < 4.78 is 132. The second-order valence-corrected chi connectivity index (χ2v) is 8.08. The van der Waals surface area contributed by atoms with Crippen LogP contribution in [0.25, 0.3) is 0 Å². The molecule has 0 fully saturated rings. The summed E-state index contributed by atoms with van der Waals surface area (Å²) in [6, 6.07) is 3.83. The third-order valence-corrected chi connectivity index (χ3v) is 5.36. The van der Waals surface area contributed by atoms with Crippen LogP contribution in [0.4, 0.5) is 50.9 Å². The van der Waals surface area contributed by atoms with Crippen molar-refractivity contribution in [3.63, 3.8) is 0 Å². The number of carbonyl (C=O) groups excluding carboxylic acids is 2. The van der Waals surface area contributed by atoms with Crippen LogP contribution in [0.5, 0.6) is 5.75 Å². The second kappa shape index (κ2) is 10.9. The van der Waals surface area contributed by atoms with Crippen molar-refractivity contribution in [2.24, 2.45) is 0 Å². The molecule has 0 heterocycles. The summed E-state index contributed by atoms with van der Waals surface area (Å²) in [6.45, 7) is 0.371. The molecule has 1 atom stereocenters. The van der Waals surface area contributed by atoms with Gasteiger partial charge in [-0.2, -0.15) is 35.1 Å². The van der Waals surface area contributed by atoms with E-state index in [1.165, 1.54) is 25.1 Å². The van der Waals surface area contributed by atoms with Gasteiger partial charge in [0.05, 0.1) is 35.7 Å². The van der Waals surface area contributed by atoms with Crippen LogP contribution in [-0.2, 0) is 21.8 Å². The van der Waals surface area contributed by atoms with Crippen molar-refractivity contribution in [2.75, 3.05) is 24.9 Å².